The zero-order valence-electron chi connectivity index (χ0n) is 12.1. The van der Waals surface area contributed by atoms with Gasteiger partial charge in [0.15, 0.2) is 0 Å². The third kappa shape index (κ3) is 10.2. The number of azo groups is 2. The van der Waals surface area contributed by atoms with Crippen LogP contribution in [0.4, 0.5) is 5.69 Å². The average Bonchev–Trinajstić information content (AvgIpc) is 2.45. The van der Waals surface area contributed by atoms with Gasteiger partial charge in [-0.2, -0.15) is 0 Å². The Morgan fingerprint density at radius 2 is 1.38 bits per heavy atom. The van der Waals surface area contributed by atoms with Crippen molar-refractivity contribution in [2.45, 2.75) is 31.3 Å². The summed E-state index contributed by atoms with van der Waals surface area (Å²) in [6.07, 6.45) is 0.740. The predicted octanol–water partition coefficient (Wildman–Crippen LogP) is 9.25. The predicted molar refractivity (Wildman–Crippen MR) is 113 cm³/mol. The van der Waals surface area contributed by atoms with Crippen LogP contribution in [0.3, 0.4) is 0 Å². The van der Waals surface area contributed by atoms with Gasteiger partial charge in [0.2, 0.25) is 0 Å². The molecule has 2 rings (SSSR count). The molecular weight excluding hydrogens is 636 g/mol. The Morgan fingerprint density at radius 3 is 1.67 bits per heavy atom. The van der Waals surface area contributed by atoms with Crippen molar-refractivity contribution in [1.29, 1.82) is 0 Å². The Hall–Kier alpha value is 2.54. The van der Waals surface area contributed by atoms with Crippen molar-refractivity contribution in [3.63, 3.8) is 0 Å². The molecule has 0 spiro atoms. The van der Waals surface area contributed by atoms with Crippen molar-refractivity contribution in [2.75, 3.05) is 0 Å². The minimum absolute atomic E-state index is 0.210. The fraction of sp³-hybridized carbons (Fsp3) is 0.455. The molecule has 0 radical (unpaired) electrons. The van der Waals surface area contributed by atoms with Crippen LogP contribution in [0.25, 0.3) is 0 Å². The van der Waals surface area contributed by atoms with E-state index >= 15 is 0 Å². The Bertz CT molecular complexity index is 645. The molecule has 1 heterocycles. The van der Waals surface area contributed by atoms with Crippen molar-refractivity contribution in [3.8, 4) is 0 Å². The molecule has 0 saturated heterocycles. The summed E-state index contributed by atoms with van der Waals surface area (Å²) in [4.78, 5) is 0. The first-order valence-electron chi connectivity index (χ1n) is 6.12. The van der Waals surface area contributed by atoms with Gasteiger partial charge < -0.3 is 0 Å². The van der Waals surface area contributed by atoms with Gasteiger partial charge in [0.25, 0.3) is 11.2 Å². The Morgan fingerprint density at radius 1 is 1.00 bits per heavy atom. The van der Waals surface area contributed by atoms with Crippen molar-refractivity contribution in [2.24, 2.45) is 5.11 Å². The molecule has 0 amide bonds. The molecular formula is C11H11Cl10N2Sb. The summed E-state index contributed by atoms with van der Waals surface area (Å²) in [5.41, 5.74) is 0.156. The van der Waals surface area contributed by atoms with Crippen LogP contribution < -0.4 is 0 Å². The van der Waals surface area contributed by atoms with Gasteiger partial charge in [-0.15, -0.1) is 0 Å². The number of hydrogen-bond donors (Lipinski definition) is 0. The van der Waals surface area contributed by atoms with Gasteiger partial charge in [0.05, 0.1) is 6.42 Å². The minimum atomic E-state index is -5.42. The topological polar surface area (TPSA) is 15.4 Å². The first-order valence-corrected chi connectivity index (χ1v) is 27.1. The van der Waals surface area contributed by atoms with Gasteiger partial charge >= 0.3 is 62.1 Å². The van der Waals surface area contributed by atoms with Gasteiger partial charge in [0.1, 0.15) is 15.6 Å². The number of benzene rings is 1. The van der Waals surface area contributed by atoms with Gasteiger partial charge in [-0.25, -0.2) is 0 Å². The number of rotatable bonds is 1. The van der Waals surface area contributed by atoms with E-state index in [2.05, 4.69) is 5.11 Å². The molecule has 1 atom stereocenters. The molecule has 0 aromatic heterocycles. The average molecular weight is 648 g/mol. The van der Waals surface area contributed by atoms with E-state index in [1.165, 1.54) is 0 Å². The summed E-state index contributed by atoms with van der Waals surface area (Å²) in [6.45, 7) is 4.03. The molecule has 24 heavy (non-hydrogen) atoms. The van der Waals surface area contributed by atoms with E-state index in [0.29, 0.717) is 20.8 Å². The molecule has 0 fully saturated rings. The molecule has 1 aromatic carbocycles. The van der Waals surface area contributed by atoms with Gasteiger partial charge in [-0.05, 0) is 42.7 Å². The van der Waals surface area contributed by atoms with E-state index in [1.807, 2.05) is 13.8 Å². The maximum absolute atomic E-state index is 6.26. The van der Waals surface area contributed by atoms with Crippen LogP contribution in [0, 0.1) is 0 Å². The second-order valence-electron chi connectivity index (χ2n) is 5.57. The van der Waals surface area contributed by atoms with E-state index in [4.69, 9.17) is 99.4 Å². The summed E-state index contributed by atoms with van der Waals surface area (Å²) in [7, 11) is 25.0. The number of hydrogen-bond acceptors (Lipinski definition) is 1. The molecule has 0 saturated carbocycles. The normalized spacial score (nSPS) is 22.8. The molecule has 13 heteroatoms. The SMILES string of the molecule is CC1(C)CC(Cl)[N+](c2c(Cl)cc(Cl)cc2Cl)=N1.[Cl][Sb-]([Cl])([Cl])([Cl])([Cl])[Cl]. The van der Waals surface area contributed by atoms with E-state index in [-0.39, 0.29) is 11.0 Å². The van der Waals surface area contributed by atoms with Crippen molar-refractivity contribution < 1.29 is 4.70 Å². The molecule has 1 unspecified atom stereocenters. The third-order valence-electron chi connectivity index (χ3n) is 2.52. The zero-order chi connectivity index (χ0) is 19.2. The Labute approximate surface area is 180 Å². The number of nitrogens with zero attached hydrogens (tertiary/aromatic N) is 2. The van der Waals surface area contributed by atoms with E-state index in [0.717, 1.165) is 6.42 Å². The molecule has 2 nitrogen and oxygen atoms in total. The molecule has 0 bridgehead atoms. The summed E-state index contributed by atoms with van der Waals surface area (Å²) < 4.78 is 1.67. The number of alkyl halides is 1. The fourth-order valence-corrected chi connectivity index (χ4v) is 3.35. The van der Waals surface area contributed by atoms with Crippen LogP contribution >= 0.6 is 99.4 Å². The molecule has 140 valence electrons. The van der Waals surface area contributed by atoms with E-state index in [1.54, 1.807) is 16.8 Å². The summed E-state index contributed by atoms with van der Waals surface area (Å²) in [5.74, 6) is 0. The first kappa shape index (κ1) is 24.6. The standard InChI is InChI=1S/C11H11Cl4N2.6ClH.Sb/c1-11(2)5-9(15)17(16-11)10-7(13)3-6(12)4-8(10)14;;;;;;;/h3-4,9H,5H2,1-2H3;6*1H;/q+1;;;;;;;+5/p-6. The second kappa shape index (κ2) is 7.42. The van der Waals surface area contributed by atoms with Crippen molar-refractivity contribution >= 4 is 114 Å². The van der Waals surface area contributed by atoms with Crippen LogP contribution in [0.15, 0.2) is 17.2 Å². The Kier molecular flexibility index (Phi) is 7.59. The van der Waals surface area contributed by atoms with Crippen LogP contribution in [0.5, 0.6) is 0 Å². The van der Waals surface area contributed by atoms with Gasteiger partial charge in [0, 0.05) is 5.02 Å². The van der Waals surface area contributed by atoms with Crippen LogP contribution in [0.2, 0.25) is 15.1 Å². The summed E-state index contributed by atoms with van der Waals surface area (Å²) in [5, 5.41) is 5.91. The van der Waals surface area contributed by atoms with Crippen LogP contribution in [-0.4, -0.2) is 24.9 Å². The van der Waals surface area contributed by atoms with Crippen molar-refractivity contribution in [3.05, 3.63) is 27.2 Å². The number of halogens is 10. The van der Waals surface area contributed by atoms with Crippen molar-refractivity contribution in [1.82, 2.24) is 0 Å². The van der Waals surface area contributed by atoms with E-state index in [9.17, 15) is 0 Å². The van der Waals surface area contributed by atoms with Gasteiger partial charge in [-0.1, -0.05) is 39.5 Å². The zero-order valence-corrected chi connectivity index (χ0v) is 22.2. The van der Waals surface area contributed by atoms with Crippen LogP contribution in [0.1, 0.15) is 20.3 Å². The van der Waals surface area contributed by atoms with E-state index < -0.39 is 9.14 Å². The molecule has 1 aromatic rings. The summed E-state index contributed by atoms with van der Waals surface area (Å²) in [6, 6.07) is 3.27. The van der Waals surface area contributed by atoms with Crippen LogP contribution in [-0.2, 0) is 0 Å². The Balaban J connectivity index is 0.000000351. The first-order chi connectivity index (χ1) is 10.2. The monoisotopic (exact) mass is 642 g/mol. The molecule has 1 aliphatic rings. The molecule has 1 aliphatic heterocycles. The van der Waals surface area contributed by atoms with Gasteiger partial charge in [-0.3, -0.25) is 0 Å². The fourth-order valence-electron chi connectivity index (χ4n) is 1.84. The maximum atomic E-state index is 6.26. The molecule has 0 N–H and O–H groups in total. The quantitative estimate of drug-likeness (QED) is 0.125. The molecule has 0 aliphatic carbocycles. The summed E-state index contributed by atoms with van der Waals surface area (Å²) >= 11 is 24.4. The second-order valence-corrected chi connectivity index (χ2v) is 64.2. The third-order valence-corrected chi connectivity index (χ3v) is 3.66.